The molecule has 1 saturated carbocycles. The first-order valence-electron chi connectivity index (χ1n) is 4.50. The van der Waals surface area contributed by atoms with Crippen molar-refractivity contribution < 1.29 is 0 Å². The monoisotopic (exact) mass is 182 g/mol. The van der Waals surface area contributed by atoms with E-state index in [-0.39, 0.29) is 0 Å². The number of thioether (sulfide) groups is 1. The minimum atomic E-state index is 0.825. The molecule has 0 radical (unpaired) electrons. The topological polar surface area (TPSA) is 17.8 Å². The van der Waals surface area contributed by atoms with Crippen LogP contribution in [0.4, 0.5) is 0 Å². The molecule has 3 heteroatoms. The molecule has 0 spiro atoms. The molecule has 0 bridgehead atoms. The Morgan fingerprint density at radius 3 is 2.83 bits per heavy atom. The Bertz CT molecular complexity index is 251. The fourth-order valence-electron chi connectivity index (χ4n) is 1.62. The van der Waals surface area contributed by atoms with Crippen molar-refractivity contribution in [2.24, 2.45) is 7.05 Å². The molecule has 0 unspecified atom stereocenters. The van der Waals surface area contributed by atoms with Crippen LogP contribution in [-0.4, -0.2) is 14.8 Å². The summed E-state index contributed by atoms with van der Waals surface area (Å²) in [5.74, 6) is 0. The van der Waals surface area contributed by atoms with Crippen molar-refractivity contribution in [2.45, 2.75) is 36.1 Å². The standard InChI is InChI=1S/C9H14N2S/c1-11-7-6-10-9(11)12-8-4-2-3-5-8/h6-8H,2-5H2,1H3. The van der Waals surface area contributed by atoms with E-state index in [1.54, 1.807) is 0 Å². The fraction of sp³-hybridized carbons (Fsp3) is 0.667. The van der Waals surface area contributed by atoms with Gasteiger partial charge in [0.25, 0.3) is 0 Å². The summed E-state index contributed by atoms with van der Waals surface area (Å²) in [6.07, 6.45) is 9.44. The number of rotatable bonds is 2. The quantitative estimate of drug-likeness (QED) is 0.699. The van der Waals surface area contributed by atoms with Gasteiger partial charge >= 0.3 is 0 Å². The summed E-state index contributed by atoms with van der Waals surface area (Å²) in [4.78, 5) is 4.31. The first kappa shape index (κ1) is 8.17. The zero-order valence-corrected chi connectivity index (χ0v) is 8.18. The lowest BCUT2D eigenvalue weighted by Crippen LogP contribution is -1.97. The lowest BCUT2D eigenvalue weighted by molar-refractivity contribution is 0.780. The predicted octanol–water partition coefficient (Wildman–Crippen LogP) is 2.45. The van der Waals surface area contributed by atoms with Crippen molar-refractivity contribution in [1.82, 2.24) is 9.55 Å². The summed E-state index contributed by atoms with van der Waals surface area (Å²) < 4.78 is 2.10. The van der Waals surface area contributed by atoms with Crippen LogP contribution in [0, 0.1) is 0 Å². The molecule has 0 aliphatic heterocycles. The van der Waals surface area contributed by atoms with Crippen LogP contribution in [-0.2, 0) is 7.05 Å². The fourth-order valence-corrected chi connectivity index (χ4v) is 2.84. The van der Waals surface area contributed by atoms with E-state index in [1.807, 2.05) is 24.2 Å². The van der Waals surface area contributed by atoms with Gasteiger partial charge < -0.3 is 4.57 Å². The first-order valence-corrected chi connectivity index (χ1v) is 5.38. The van der Waals surface area contributed by atoms with Gasteiger partial charge in [0.05, 0.1) is 0 Å². The van der Waals surface area contributed by atoms with Gasteiger partial charge in [-0.15, -0.1) is 0 Å². The average molecular weight is 182 g/mol. The average Bonchev–Trinajstić information content (AvgIpc) is 2.65. The highest BCUT2D eigenvalue weighted by Gasteiger charge is 2.17. The highest BCUT2D eigenvalue weighted by molar-refractivity contribution is 7.99. The van der Waals surface area contributed by atoms with Gasteiger partial charge in [-0.25, -0.2) is 4.98 Å². The zero-order valence-electron chi connectivity index (χ0n) is 7.36. The number of hydrogen-bond acceptors (Lipinski definition) is 2. The molecule has 1 aliphatic rings. The summed E-state index contributed by atoms with van der Waals surface area (Å²) in [7, 11) is 2.06. The first-order chi connectivity index (χ1) is 5.86. The molecular weight excluding hydrogens is 168 g/mol. The summed E-state index contributed by atoms with van der Waals surface area (Å²) in [5, 5.41) is 1.99. The van der Waals surface area contributed by atoms with Gasteiger partial charge in [-0.05, 0) is 12.8 Å². The van der Waals surface area contributed by atoms with Gasteiger partial charge in [0.1, 0.15) is 0 Å². The third-order valence-corrected chi connectivity index (χ3v) is 3.76. The van der Waals surface area contributed by atoms with E-state index in [0.717, 1.165) is 5.25 Å². The van der Waals surface area contributed by atoms with E-state index >= 15 is 0 Å². The second kappa shape index (κ2) is 3.52. The molecule has 0 aromatic carbocycles. The van der Waals surface area contributed by atoms with E-state index in [1.165, 1.54) is 30.8 Å². The van der Waals surface area contributed by atoms with Crippen LogP contribution < -0.4 is 0 Å². The lowest BCUT2D eigenvalue weighted by atomic mass is 10.4. The van der Waals surface area contributed by atoms with E-state index < -0.39 is 0 Å². The molecule has 2 nitrogen and oxygen atoms in total. The maximum Gasteiger partial charge on any atom is 0.167 e. The van der Waals surface area contributed by atoms with Crippen molar-refractivity contribution in [3.05, 3.63) is 12.4 Å². The molecule has 2 rings (SSSR count). The third-order valence-electron chi connectivity index (χ3n) is 2.35. The van der Waals surface area contributed by atoms with E-state index in [9.17, 15) is 0 Å². The Morgan fingerprint density at radius 1 is 1.50 bits per heavy atom. The van der Waals surface area contributed by atoms with Crippen LogP contribution in [0.2, 0.25) is 0 Å². The van der Waals surface area contributed by atoms with E-state index in [2.05, 4.69) is 16.6 Å². The minimum Gasteiger partial charge on any atom is -0.329 e. The lowest BCUT2D eigenvalue weighted by Gasteiger charge is -2.06. The molecule has 0 saturated heterocycles. The van der Waals surface area contributed by atoms with Gasteiger partial charge in [0, 0.05) is 24.7 Å². The summed E-state index contributed by atoms with van der Waals surface area (Å²) in [6.45, 7) is 0. The van der Waals surface area contributed by atoms with Crippen molar-refractivity contribution in [3.8, 4) is 0 Å². The van der Waals surface area contributed by atoms with E-state index in [4.69, 9.17) is 0 Å². The molecule has 66 valence electrons. The molecule has 0 amide bonds. The van der Waals surface area contributed by atoms with Crippen molar-refractivity contribution in [2.75, 3.05) is 0 Å². The molecule has 0 atom stereocenters. The maximum atomic E-state index is 4.31. The van der Waals surface area contributed by atoms with Crippen molar-refractivity contribution in [1.29, 1.82) is 0 Å². The molecule has 0 N–H and O–H groups in total. The molecule has 1 heterocycles. The zero-order chi connectivity index (χ0) is 8.39. The van der Waals surface area contributed by atoms with Crippen molar-refractivity contribution in [3.63, 3.8) is 0 Å². The normalized spacial score (nSPS) is 18.8. The number of imidazole rings is 1. The summed E-state index contributed by atoms with van der Waals surface area (Å²) >= 11 is 1.94. The highest BCUT2D eigenvalue weighted by atomic mass is 32.2. The SMILES string of the molecule is Cn1ccnc1SC1CCCC1. The van der Waals surface area contributed by atoms with Gasteiger partial charge in [0.2, 0.25) is 0 Å². The van der Waals surface area contributed by atoms with Gasteiger partial charge in [-0.1, -0.05) is 24.6 Å². The smallest absolute Gasteiger partial charge is 0.167 e. The van der Waals surface area contributed by atoms with Crippen LogP contribution in [0.5, 0.6) is 0 Å². The molecular formula is C9H14N2S. The number of aryl methyl sites for hydroxylation is 1. The third kappa shape index (κ3) is 1.66. The Labute approximate surface area is 77.4 Å². The molecule has 1 aromatic heterocycles. The van der Waals surface area contributed by atoms with Gasteiger partial charge in [-0.3, -0.25) is 0 Å². The van der Waals surface area contributed by atoms with Crippen LogP contribution in [0.25, 0.3) is 0 Å². The molecule has 1 fully saturated rings. The largest absolute Gasteiger partial charge is 0.329 e. The molecule has 12 heavy (non-hydrogen) atoms. The van der Waals surface area contributed by atoms with Crippen molar-refractivity contribution >= 4 is 11.8 Å². The number of aromatic nitrogens is 2. The minimum absolute atomic E-state index is 0.825. The summed E-state index contributed by atoms with van der Waals surface area (Å²) in [6, 6.07) is 0. The van der Waals surface area contributed by atoms with Crippen LogP contribution >= 0.6 is 11.8 Å². The highest BCUT2D eigenvalue weighted by Crippen LogP contribution is 2.33. The maximum absolute atomic E-state index is 4.31. The Balaban J connectivity index is 1.98. The Morgan fingerprint density at radius 2 is 2.25 bits per heavy atom. The van der Waals surface area contributed by atoms with Gasteiger partial charge in [-0.2, -0.15) is 0 Å². The Hall–Kier alpha value is -0.440. The second-order valence-corrected chi connectivity index (χ2v) is 4.61. The number of nitrogens with zero attached hydrogens (tertiary/aromatic N) is 2. The Kier molecular flexibility index (Phi) is 2.40. The van der Waals surface area contributed by atoms with Crippen LogP contribution in [0.3, 0.4) is 0 Å². The van der Waals surface area contributed by atoms with Gasteiger partial charge in [0.15, 0.2) is 5.16 Å². The number of hydrogen-bond donors (Lipinski definition) is 0. The molecule has 1 aromatic rings. The van der Waals surface area contributed by atoms with Crippen LogP contribution in [0.1, 0.15) is 25.7 Å². The predicted molar refractivity (Wildman–Crippen MR) is 51.3 cm³/mol. The summed E-state index contributed by atoms with van der Waals surface area (Å²) in [5.41, 5.74) is 0. The van der Waals surface area contributed by atoms with E-state index in [0.29, 0.717) is 0 Å². The molecule has 1 aliphatic carbocycles. The second-order valence-electron chi connectivity index (χ2n) is 3.35. The van der Waals surface area contributed by atoms with Crippen LogP contribution in [0.15, 0.2) is 17.6 Å².